The van der Waals surface area contributed by atoms with Crippen LogP contribution in [0.3, 0.4) is 0 Å². The Morgan fingerprint density at radius 1 is 1.59 bits per heavy atom. The number of carbonyl (C=O) groups is 1. The van der Waals surface area contributed by atoms with Crippen molar-refractivity contribution in [1.29, 1.82) is 0 Å². The lowest BCUT2D eigenvalue weighted by Crippen LogP contribution is -2.47. The van der Waals surface area contributed by atoms with Crippen LogP contribution in [0.4, 0.5) is 0 Å². The number of nitrogens with one attached hydrogen (secondary N) is 2. The molecule has 6 heteroatoms. The summed E-state index contributed by atoms with van der Waals surface area (Å²) in [7, 11) is 0. The second-order valence-corrected chi connectivity index (χ2v) is 4.96. The van der Waals surface area contributed by atoms with E-state index < -0.39 is 5.60 Å². The fourth-order valence-electron chi connectivity index (χ4n) is 1.72. The van der Waals surface area contributed by atoms with E-state index in [1.54, 1.807) is 0 Å². The van der Waals surface area contributed by atoms with Crippen molar-refractivity contribution in [3.63, 3.8) is 0 Å². The molecule has 2 rings (SSSR count). The lowest BCUT2D eigenvalue weighted by Gasteiger charge is -2.36. The highest BCUT2D eigenvalue weighted by atomic mass is 16.3. The maximum absolute atomic E-state index is 11.7. The lowest BCUT2D eigenvalue weighted by atomic mass is 9.80. The van der Waals surface area contributed by atoms with Gasteiger partial charge in [-0.05, 0) is 19.3 Å². The summed E-state index contributed by atoms with van der Waals surface area (Å²) in [5, 5.41) is 19.1. The van der Waals surface area contributed by atoms with Crippen LogP contribution in [0.2, 0.25) is 0 Å². The summed E-state index contributed by atoms with van der Waals surface area (Å²) in [6, 6.07) is 0. The van der Waals surface area contributed by atoms with E-state index in [2.05, 4.69) is 20.5 Å². The van der Waals surface area contributed by atoms with E-state index in [9.17, 15) is 9.90 Å². The summed E-state index contributed by atoms with van der Waals surface area (Å²) >= 11 is 0. The van der Waals surface area contributed by atoms with Gasteiger partial charge >= 0.3 is 0 Å². The molecule has 0 atom stereocenters. The SMILES string of the molecule is CC(C)c1nc(C(=O)NCC2(O)CCC2)n[nH]1. The van der Waals surface area contributed by atoms with Gasteiger partial charge in [0, 0.05) is 12.5 Å². The third kappa shape index (κ3) is 2.63. The van der Waals surface area contributed by atoms with Gasteiger partial charge < -0.3 is 10.4 Å². The first-order valence-corrected chi connectivity index (χ1v) is 5.93. The minimum absolute atomic E-state index is 0.136. The Morgan fingerprint density at radius 2 is 2.29 bits per heavy atom. The van der Waals surface area contributed by atoms with Gasteiger partial charge in [0.2, 0.25) is 5.82 Å². The molecule has 0 radical (unpaired) electrons. The zero-order valence-electron chi connectivity index (χ0n) is 10.2. The van der Waals surface area contributed by atoms with E-state index in [0.717, 1.165) is 19.3 Å². The van der Waals surface area contributed by atoms with Crippen LogP contribution in [0.15, 0.2) is 0 Å². The Balaban J connectivity index is 1.90. The van der Waals surface area contributed by atoms with Crippen LogP contribution in [0.25, 0.3) is 0 Å². The summed E-state index contributed by atoms with van der Waals surface area (Å²) in [6.07, 6.45) is 2.52. The van der Waals surface area contributed by atoms with E-state index in [-0.39, 0.29) is 24.2 Å². The Bertz CT molecular complexity index is 409. The van der Waals surface area contributed by atoms with Crippen molar-refractivity contribution in [2.45, 2.75) is 44.6 Å². The number of aromatic amines is 1. The maximum Gasteiger partial charge on any atom is 0.291 e. The van der Waals surface area contributed by atoms with Gasteiger partial charge in [0.15, 0.2) is 0 Å². The largest absolute Gasteiger partial charge is 0.388 e. The van der Waals surface area contributed by atoms with Gasteiger partial charge in [0.05, 0.1) is 5.60 Å². The van der Waals surface area contributed by atoms with Crippen LogP contribution >= 0.6 is 0 Å². The molecule has 1 aromatic rings. The standard InChI is InChI=1S/C11H18N4O2/c1-7(2)8-13-9(15-14-8)10(16)12-6-11(17)4-3-5-11/h7,17H,3-6H2,1-2H3,(H,12,16)(H,13,14,15). The molecular weight excluding hydrogens is 220 g/mol. The molecule has 0 aliphatic heterocycles. The van der Waals surface area contributed by atoms with Crippen molar-refractivity contribution < 1.29 is 9.90 Å². The topological polar surface area (TPSA) is 90.9 Å². The summed E-state index contributed by atoms with van der Waals surface area (Å²) in [5.41, 5.74) is -0.715. The molecule has 0 spiro atoms. The van der Waals surface area contributed by atoms with Gasteiger partial charge in [-0.1, -0.05) is 13.8 Å². The van der Waals surface area contributed by atoms with Gasteiger partial charge in [0.1, 0.15) is 5.82 Å². The summed E-state index contributed by atoms with van der Waals surface area (Å²) in [6.45, 7) is 4.22. The minimum Gasteiger partial charge on any atom is -0.388 e. The van der Waals surface area contributed by atoms with Gasteiger partial charge in [-0.15, -0.1) is 5.10 Å². The predicted molar refractivity (Wildman–Crippen MR) is 61.6 cm³/mol. The van der Waals surface area contributed by atoms with Crippen LogP contribution in [-0.2, 0) is 0 Å². The van der Waals surface area contributed by atoms with Gasteiger partial charge in [-0.2, -0.15) is 0 Å². The van der Waals surface area contributed by atoms with Crippen LogP contribution in [0.5, 0.6) is 0 Å². The molecule has 1 amide bonds. The Labute approximate surface area is 99.8 Å². The zero-order valence-corrected chi connectivity index (χ0v) is 10.2. The van der Waals surface area contributed by atoms with Crippen molar-refractivity contribution in [3.05, 3.63) is 11.6 Å². The fraction of sp³-hybridized carbons (Fsp3) is 0.727. The molecular formula is C11H18N4O2. The Hall–Kier alpha value is -1.43. The van der Waals surface area contributed by atoms with Crippen molar-refractivity contribution in [2.75, 3.05) is 6.54 Å². The molecule has 6 nitrogen and oxygen atoms in total. The number of aromatic nitrogens is 3. The average Bonchev–Trinajstić information content (AvgIpc) is 2.72. The van der Waals surface area contributed by atoms with Gasteiger partial charge in [0.25, 0.3) is 5.91 Å². The first kappa shape index (κ1) is 12.0. The molecule has 1 saturated carbocycles. The fourth-order valence-corrected chi connectivity index (χ4v) is 1.72. The van der Waals surface area contributed by atoms with Crippen molar-refractivity contribution in [2.24, 2.45) is 0 Å². The molecule has 0 aromatic carbocycles. The first-order chi connectivity index (χ1) is 8.00. The molecule has 94 valence electrons. The summed E-state index contributed by atoms with van der Waals surface area (Å²) in [5.74, 6) is 0.697. The number of aliphatic hydroxyl groups is 1. The molecule has 1 aliphatic carbocycles. The first-order valence-electron chi connectivity index (χ1n) is 5.93. The molecule has 1 heterocycles. The third-order valence-electron chi connectivity index (χ3n) is 3.11. The quantitative estimate of drug-likeness (QED) is 0.715. The van der Waals surface area contributed by atoms with Crippen LogP contribution in [-0.4, -0.2) is 38.3 Å². The highest BCUT2D eigenvalue weighted by Crippen LogP contribution is 2.30. The van der Waals surface area contributed by atoms with E-state index in [1.165, 1.54) is 0 Å². The molecule has 1 fully saturated rings. The second kappa shape index (κ2) is 4.44. The number of hydrogen-bond acceptors (Lipinski definition) is 4. The third-order valence-corrected chi connectivity index (χ3v) is 3.11. The number of nitrogens with zero attached hydrogens (tertiary/aromatic N) is 2. The van der Waals surface area contributed by atoms with Crippen LogP contribution < -0.4 is 5.32 Å². The van der Waals surface area contributed by atoms with Crippen LogP contribution in [0.1, 0.15) is 55.5 Å². The average molecular weight is 238 g/mol. The second-order valence-electron chi connectivity index (χ2n) is 4.96. The normalized spacial score (nSPS) is 17.9. The number of carbonyl (C=O) groups excluding carboxylic acids is 1. The van der Waals surface area contributed by atoms with Crippen LogP contribution in [0, 0.1) is 0 Å². The number of amides is 1. The lowest BCUT2D eigenvalue weighted by molar-refractivity contribution is -0.0301. The van der Waals surface area contributed by atoms with Gasteiger partial charge in [-0.3, -0.25) is 9.89 Å². The zero-order chi connectivity index (χ0) is 12.5. The molecule has 0 bridgehead atoms. The number of hydrogen-bond donors (Lipinski definition) is 3. The van der Waals surface area contributed by atoms with Gasteiger partial charge in [-0.25, -0.2) is 4.98 Å². The molecule has 0 saturated heterocycles. The minimum atomic E-state index is -0.715. The molecule has 17 heavy (non-hydrogen) atoms. The van der Waals surface area contributed by atoms with E-state index in [0.29, 0.717) is 5.82 Å². The van der Waals surface area contributed by atoms with Crippen molar-refractivity contribution in [3.8, 4) is 0 Å². The molecule has 3 N–H and O–H groups in total. The summed E-state index contributed by atoms with van der Waals surface area (Å²) in [4.78, 5) is 15.8. The van der Waals surface area contributed by atoms with Crippen molar-refractivity contribution in [1.82, 2.24) is 20.5 Å². The predicted octanol–water partition coefficient (Wildman–Crippen LogP) is 0.573. The highest BCUT2D eigenvalue weighted by Gasteiger charge is 2.34. The van der Waals surface area contributed by atoms with E-state index >= 15 is 0 Å². The summed E-state index contributed by atoms with van der Waals surface area (Å²) < 4.78 is 0. The van der Waals surface area contributed by atoms with E-state index in [1.807, 2.05) is 13.8 Å². The highest BCUT2D eigenvalue weighted by molar-refractivity contribution is 5.90. The molecule has 0 unspecified atom stereocenters. The van der Waals surface area contributed by atoms with Crippen molar-refractivity contribution >= 4 is 5.91 Å². The molecule has 1 aliphatic rings. The molecule has 1 aromatic heterocycles. The number of H-pyrrole nitrogens is 1. The number of rotatable bonds is 4. The maximum atomic E-state index is 11.7. The van der Waals surface area contributed by atoms with E-state index in [4.69, 9.17) is 0 Å². The monoisotopic (exact) mass is 238 g/mol. The smallest absolute Gasteiger partial charge is 0.291 e. The Kier molecular flexibility index (Phi) is 3.15. The Morgan fingerprint density at radius 3 is 2.76 bits per heavy atom.